The maximum Gasteiger partial charge on any atom is 0.261 e. The van der Waals surface area contributed by atoms with Crippen molar-refractivity contribution in [3.8, 4) is 0 Å². The molecule has 1 aromatic rings. The summed E-state index contributed by atoms with van der Waals surface area (Å²) in [6, 6.07) is 0. The maximum absolute atomic E-state index is 12.3. The SMILES string of the molecule is CCS(=O)(=O)c1c(N2CCC(C)(O)C2)sc(C(N)=O)c1N. The Bertz CT molecular complexity index is 679. The lowest BCUT2D eigenvalue weighted by Gasteiger charge is -2.20. The molecule has 0 saturated carbocycles. The van der Waals surface area contributed by atoms with Gasteiger partial charge in [0.15, 0.2) is 9.84 Å². The zero-order chi connectivity index (χ0) is 16.0. The van der Waals surface area contributed by atoms with Crippen LogP contribution in [-0.2, 0) is 9.84 Å². The standard InChI is InChI=1S/C12H19N3O4S2/c1-3-21(18,19)9-7(13)8(10(14)16)20-11(9)15-5-4-12(2,17)6-15/h17H,3-6,13H2,1-2H3,(H2,14,16). The molecule has 1 saturated heterocycles. The Hall–Kier alpha value is -1.32. The Morgan fingerprint density at radius 3 is 2.57 bits per heavy atom. The highest BCUT2D eigenvalue weighted by atomic mass is 32.2. The Kier molecular flexibility index (Phi) is 3.94. The number of nitrogen functional groups attached to an aromatic ring is 1. The van der Waals surface area contributed by atoms with E-state index in [0.717, 1.165) is 11.3 Å². The van der Waals surface area contributed by atoms with E-state index in [1.54, 1.807) is 11.8 Å². The molecule has 7 nitrogen and oxygen atoms in total. The second kappa shape index (κ2) is 5.15. The van der Waals surface area contributed by atoms with Crippen LogP contribution in [0.3, 0.4) is 0 Å². The van der Waals surface area contributed by atoms with E-state index in [2.05, 4.69) is 0 Å². The van der Waals surface area contributed by atoms with E-state index in [0.29, 0.717) is 18.0 Å². The number of rotatable bonds is 4. The highest BCUT2D eigenvalue weighted by molar-refractivity contribution is 7.92. The molecule has 1 aromatic heterocycles. The van der Waals surface area contributed by atoms with Gasteiger partial charge in [0, 0.05) is 13.1 Å². The van der Waals surface area contributed by atoms with Crippen molar-refractivity contribution in [2.24, 2.45) is 5.73 Å². The zero-order valence-electron chi connectivity index (χ0n) is 11.9. The van der Waals surface area contributed by atoms with Crippen LogP contribution in [0.25, 0.3) is 0 Å². The zero-order valence-corrected chi connectivity index (χ0v) is 13.6. The smallest absolute Gasteiger partial charge is 0.261 e. The first kappa shape index (κ1) is 16.1. The third-order valence-corrected chi connectivity index (χ3v) is 6.74. The molecule has 0 radical (unpaired) electrons. The van der Waals surface area contributed by atoms with E-state index < -0.39 is 21.3 Å². The molecule has 1 amide bonds. The first-order valence-corrected chi connectivity index (χ1v) is 8.98. The van der Waals surface area contributed by atoms with Crippen LogP contribution in [0.15, 0.2) is 4.90 Å². The molecule has 1 aliphatic rings. The van der Waals surface area contributed by atoms with Crippen LogP contribution in [0, 0.1) is 0 Å². The van der Waals surface area contributed by atoms with Gasteiger partial charge in [-0.05, 0) is 13.3 Å². The summed E-state index contributed by atoms with van der Waals surface area (Å²) in [6.07, 6.45) is 0.516. The number of anilines is 2. The van der Waals surface area contributed by atoms with Crippen LogP contribution in [-0.4, -0.2) is 43.9 Å². The third-order valence-electron chi connectivity index (χ3n) is 3.54. The molecule has 2 heterocycles. The molecule has 5 N–H and O–H groups in total. The average Bonchev–Trinajstić information content (AvgIpc) is 2.89. The van der Waals surface area contributed by atoms with Gasteiger partial charge in [-0.25, -0.2) is 8.42 Å². The van der Waals surface area contributed by atoms with Gasteiger partial charge in [-0.2, -0.15) is 0 Å². The third kappa shape index (κ3) is 2.85. The number of aliphatic hydroxyl groups is 1. The van der Waals surface area contributed by atoms with Gasteiger partial charge in [0.2, 0.25) is 0 Å². The molecule has 2 rings (SSSR count). The summed E-state index contributed by atoms with van der Waals surface area (Å²) in [5, 5.41) is 10.4. The number of carbonyl (C=O) groups is 1. The fourth-order valence-corrected chi connectivity index (χ4v) is 5.06. The Balaban J connectivity index is 2.60. The van der Waals surface area contributed by atoms with Gasteiger partial charge in [0.25, 0.3) is 5.91 Å². The van der Waals surface area contributed by atoms with E-state index in [1.807, 2.05) is 0 Å². The molecule has 0 bridgehead atoms. The molecule has 1 aliphatic heterocycles. The number of carbonyl (C=O) groups excluding carboxylic acids is 1. The quantitative estimate of drug-likeness (QED) is 0.721. The van der Waals surface area contributed by atoms with Crippen LogP contribution in [0.1, 0.15) is 29.9 Å². The lowest BCUT2D eigenvalue weighted by molar-refractivity contribution is 0.0839. The summed E-state index contributed by atoms with van der Waals surface area (Å²) >= 11 is 0.971. The molecule has 0 aliphatic carbocycles. The monoisotopic (exact) mass is 333 g/mol. The molecule has 9 heteroatoms. The van der Waals surface area contributed by atoms with E-state index in [1.165, 1.54) is 6.92 Å². The molecule has 1 atom stereocenters. The predicted molar refractivity (Wildman–Crippen MR) is 82.4 cm³/mol. The number of thiophene rings is 1. The number of primary amides is 1. The van der Waals surface area contributed by atoms with Gasteiger partial charge >= 0.3 is 0 Å². The van der Waals surface area contributed by atoms with Gasteiger partial charge in [0.05, 0.1) is 17.0 Å². The normalized spacial score (nSPS) is 22.7. The minimum absolute atomic E-state index is 0.0403. The minimum Gasteiger partial charge on any atom is -0.396 e. The maximum atomic E-state index is 12.3. The molecule has 1 fully saturated rings. The van der Waals surface area contributed by atoms with Crippen LogP contribution in [0.4, 0.5) is 10.7 Å². The predicted octanol–water partition coefficient (Wildman–Crippen LogP) is 0.184. The molecule has 118 valence electrons. The second-order valence-electron chi connectivity index (χ2n) is 5.42. The van der Waals surface area contributed by atoms with Crippen molar-refractivity contribution in [3.05, 3.63) is 4.88 Å². The first-order valence-electron chi connectivity index (χ1n) is 6.51. The second-order valence-corrected chi connectivity index (χ2v) is 8.63. The number of hydrogen-bond donors (Lipinski definition) is 3. The van der Waals surface area contributed by atoms with Gasteiger partial charge in [-0.3, -0.25) is 4.79 Å². The van der Waals surface area contributed by atoms with Crippen LogP contribution in [0.5, 0.6) is 0 Å². The summed E-state index contributed by atoms with van der Waals surface area (Å²) in [7, 11) is -3.59. The van der Waals surface area contributed by atoms with E-state index >= 15 is 0 Å². The number of nitrogens with two attached hydrogens (primary N) is 2. The van der Waals surface area contributed by atoms with Crippen LogP contribution >= 0.6 is 11.3 Å². The molecular formula is C12H19N3O4S2. The number of nitrogens with zero attached hydrogens (tertiary/aromatic N) is 1. The van der Waals surface area contributed by atoms with Crippen molar-refractivity contribution in [1.29, 1.82) is 0 Å². The van der Waals surface area contributed by atoms with Gasteiger partial charge < -0.3 is 21.5 Å². The van der Waals surface area contributed by atoms with Gasteiger partial charge in [-0.1, -0.05) is 6.92 Å². The fourth-order valence-electron chi connectivity index (χ4n) is 2.37. The highest BCUT2D eigenvalue weighted by Crippen LogP contribution is 2.43. The number of β-amino-alcohol motifs (C(OH)–C–C–N with tert-alkyl or cyclic N) is 1. The number of sulfone groups is 1. The van der Waals surface area contributed by atoms with Crippen molar-refractivity contribution in [2.45, 2.75) is 30.8 Å². The van der Waals surface area contributed by atoms with Crippen molar-refractivity contribution >= 4 is 37.8 Å². The molecule has 1 unspecified atom stereocenters. The largest absolute Gasteiger partial charge is 0.396 e. The van der Waals surface area contributed by atoms with Crippen molar-refractivity contribution < 1.29 is 18.3 Å². The molecular weight excluding hydrogens is 314 g/mol. The van der Waals surface area contributed by atoms with E-state index in [4.69, 9.17) is 11.5 Å². The van der Waals surface area contributed by atoms with Gasteiger partial charge in [0.1, 0.15) is 14.8 Å². The summed E-state index contributed by atoms with van der Waals surface area (Å²) in [5.74, 6) is -0.870. The Morgan fingerprint density at radius 1 is 1.52 bits per heavy atom. The lowest BCUT2D eigenvalue weighted by Crippen LogP contribution is -2.29. The topological polar surface area (TPSA) is 127 Å². The Labute approximate surface area is 127 Å². The highest BCUT2D eigenvalue weighted by Gasteiger charge is 2.37. The average molecular weight is 333 g/mol. The first-order chi connectivity index (χ1) is 9.59. The molecule has 0 spiro atoms. The Morgan fingerprint density at radius 2 is 2.14 bits per heavy atom. The van der Waals surface area contributed by atoms with Crippen LogP contribution < -0.4 is 16.4 Å². The van der Waals surface area contributed by atoms with Gasteiger partial charge in [-0.15, -0.1) is 11.3 Å². The summed E-state index contributed by atoms with van der Waals surface area (Å²) in [6.45, 7) is 3.99. The van der Waals surface area contributed by atoms with E-state index in [-0.39, 0.29) is 27.8 Å². The minimum atomic E-state index is -3.59. The fraction of sp³-hybridized carbons (Fsp3) is 0.583. The van der Waals surface area contributed by atoms with Crippen molar-refractivity contribution in [1.82, 2.24) is 0 Å². The van der Waals surface area contributed by atoms with E-state index in [9.17, 15) is 18.3 Å². The van der Waals surface area contributed by atoms with Crippen molar-refractivity contribution in [2.75, 3.05) is 29.5 Å². The lowest BCUT2D eigenvalue weighted by atomic mass is 10.1. The summed E-state index contributed by atoms with van der Waals surface area (Å²) < 4.78 is 24.6. The van der Waals surface area contributed by atoms with Crippen LogP contribution in [0.2, 0.25) is 0 Å². The molecule has 0 aromatic carbocycles. The van der Waals surface area contributed by atoms with Crippen molar-refractivity contribution in [3.63, 3.8) is 0 Å². The molecule has 21 heavy (non-hydrogen) atoms. The summed E-state index contributed by atoms with van der Waals surface area (Å²) in [5.41, 5.74) is 10.1. The number of amides is 1. The summed E-state index contributed by atoms with van der Waals surface area (Å²) in [4.78, 5) is 13.2. The number of hydrogen-bond acceptors (Lipinski definition) is 7.